The minimum absolute atomic E-state index is 0.331. The van der Waals surface area contributed by atoms with Crippen LogP contribution < -0.4 is 0 Å². The highest BCUT2D eigenvalue weighted by molar-refractivity contribution is 5.34. The van der Waals surface area contributed by atoms with E-state index in [1.165, 1.54) is 80.9 Å². The Bertz CT molecular complexity index is 971. The van der Waals surface area contributed by atoms with Crippen LogP contribution in [0.15, 0.2) is 91.0 Å². The topological polar surface area (TPSA) is 6.48 Å². The number of hydrogen-bond acceptors (Lipinski definition) is 2. The van der Waals surface area contributed by atoms with Gasteiger partial charge in [-0.05, 0) is 42.4 Å². The predicted octanol–water partition coefficient (Wildman–Crippen LogP) is 8.45. The number of rotatable bonds is 5. The molecule has 6 rings (SSSR count). The Labute approximate surface area is 212 Å². The summed E-state index contributed by atoms with van der Waals surface area (Å²) >= 11 is 0. The van der Waals surface area contributed by atoms with E-state index in [-0.39, 0.29) is 0 Å². The average Bonchev–Trinajstić information content (AvgIpc) is 3.32. The lowest BCUT2D eigenvalue weighted by molar-refractivity contribution is 0.0255. The summed E-state index contributed by atoms with van der Waals surface area (Å²) in [6.07, 6.45) is 13.9. The van der Waals surface area contributed by atoms with E-state index in [1.54, 1.807) is 0 Å². The van der Waals surface area contributed by atoms with E-state index >= 15 is 0 Å². The lowest BCUT2D eigenvalue weighted by Gasteiger charge is -2.42. The van der Waals surface area contributed by atoms with E-state index in [1.807, 2.05) is 0 Å². The molecule has 0 unspecified atom stereocenters. The highest BCUT2D eigenvalue weighted by Crippen LogP contribution is 2.56. The first-order valence-electron chi connectivity index (χ1n) is 14.1. The molecule has 3 fully saturated rings. The molecule has 3 aromatic rings. The van der Waals surface area contributed by atoms with Crippen molar-refractivity contribution in [3.05, 3.63) is 108 Å². The molecule has 1 saturated heterocycles. The summed E-state index contributed by atoms with van der Waals surface area (Å²) < 4.78 is 0. The van der Waals surface area contributed by atoms with Gasteiger partial charge in [-0.25, -0.2) is 0 Å². The molecule has 3 aliphatic rings. The Morgan fingerprint density at radius 3 is 1.11 bits per heavy atom. The molecule has 0 aromatic heterocycles. The standard InChI is InChI=1S/C33H40N2/c1-6-16-26(17-7-1)31-32(27-18-8-2-9-19-27)35(30-24-14-5-15-25-30)33(28-20-10-3-11-21-28)34(31)29-22-12-4-13-23-29/h1-3,6-11,16-21,29-33H,4-5,12-15,22-25H2/t31-,32-/m0/s1. The third-order valence-corrected chi connectivity index (χ3v) is 8.88. The van der Waals surface area contributed by atoms with Crippen LogP contribution in [0.2, 0.25) is 0 Å². The van der Waals surface area contributed by atoms with E-state index in [0.29, 0.717) is 30.3 Å². The molecule has 3 aromatic carbocycles. The molecule has 1 heterocycles. The minimum Gasteiger partial charge on any atom is -0.272 e. The normalized spacial score (nSPS) is 25.7. The molecule has 0 N–H and O–H groups in total. The maximum Gasteiger partial charge on any atom is 0.0902 e. The van der Waals surface area contributed by atoms with Crippen LogP contribution in [0, 0.1) is 0 Å². The molecule has 2 nitrogen and oxygen atoms in total. The first kappa shape index (κ1) is 23.0. The first-order chi connectivity index (χ1) is 17.4. The monoisotopic (exact) mass is 464 g/mol. The van der Waals surface area contributed by atoms with Crippen molar-refractivity contribution in [2.45, 2.75) is 94.5 Å². The van der Waals surface area contributed by atoms with E-state index in [2.05, 4.69) is 101 Å². The van der Waals surface area contributed by atoms with Gasteiger partial charge >= 0.3 is 0 Å². The second-order valence-corrected chi connectivity index (χ2v) is 11.0. The van der Waals surface area contributed by atoms with E-state index in [0.717, 1.165) is 0 Å². The zero-order chi connectivity index (χ0) is 23.5. The minimum atomic E-state index is 0.331. The van der Waals surface area contributed by atoms with E-state index in [9.17, 15) is 0 Å². The fraction of sp³-hybridized carbons (Fsp3) is 0.455. The summed E-state index contributed by atoms with van der Waals surface area (Å²) in [5, 5.41) is 0. The summed E-state index contributed by atoms with van der Waals surface area (Å²) in [5.41, 5.74) is 4.43. The van der Waals surface area contributed by atoms with Crippen LogP contribution in [-0.4, -0.2) is 21.9 Å². The Hall–Kier alpha value is -2.42. The lowest BCUT2D eigenvalue weighted by Crippen LogP contribution is -2.43. The maximum absolute atomic E-state index is 2.98. The van der Waals surface area contributed by atoms with Gasteiger partial charge in [0, 0.05) is 12.1 Å². The van der Waals surface area contributed by atoms with Gasteiger partial charge in [0.2, 0.25) is 0 Å². The van der Waals surface area contributed by atoms with Crippen molar-refractivity contribution in [3.8, 4) is 0 Å². The molecule has 0 bridgehead atoms. The number of nitrogens with zero attached hydrogens (tertiary/aromatic N) is 2. The van der Waals surface area contributed by atoms with Crippen molar-refractivity contribution in [3.63, 3.8) is 0 Å². The van der Waals surface area contributed by atoms with Crippen molar-refractivity contribution in [1.82, 2.24) is 9.80 Å². The highest BCUT2D eigenvalue weighted by Gasteiger charge is 2.53. The Morgan fingerprint density at radius 1 is 0.400 bits per heavy atom. The fourth-order valence-electron chi connectivity index (χ4n) is 7.38. The van der Waals surface area contributed by atoms with Crippen molar-refractivity contribution >= 4 is 0 Å². The molecule has 0 spiro atoms. The Kier molecular flexibility index (Phi) is 7.02. The van der Waals surface area contributed by atoms with Gasteiger partial charge in [-0.3, -0.25) is 9.80 Å². The van der Waals surface area contributed by atoms with Gasteiger partial charge in [-0.15, -0.1) is 0 Å². The summed E-state index contributed by atoms with van der Waals surface area (Å²) in [7, 11) is 0. The quantitative estimate of drug-likeness (QED) is 0.374. The second-order valence-electron chi connectivity index (χ2n) is 11.0. The van der Waals surface area contributed by atoms with Crippen LogP contribution in [0.25, 0.3) is 0 Å². The van der Waals surface area contributed by atoms with Crippen molar-refractivity contribution in [2.75, 3.05) is 0 Å². The summed E-state index contributed by atoms with van der Waals surface area (Å²) in [6.45, 7) is 0. The molecule has 2 saturated carbocycles. The first-order valence-corrected chi connectivity index (χ1v) is 14.1. The van der Waals surface area contributed by atoms with Gasteiger partial charge in [0.15, 0.2) is 0 Å². The zero-order valence-electron chi connectivity index (χ0n) is 21.0. The Morgan fingerprint density at radius 2 is 0.743 bits per heavy atom. The summed E-state index contributed by atoms with van der Waals surface area (Å²) in [4.78, 5) is 5.96. The fourth-order valence-corrected chi connectivity index (χ4v) is 7.38. The predicted molar refractivity (Wildman–Crippen MR) is 145 cm³/mol. The lowest BCUT2D eigenvalue weighted by atomic mass is 9.87. The average molecular weight is 465 g/mol. The smallest absolute Gasteiger partial charge is 0.0902 e. The maximum atomic E-state index is 2.98. The Balaban J connectivity index is 1.56. The molecule has 2 heteroatoms. The molecule has 2 atom stereocenters. The van der Waals surface area contributed by atoms with Gasteiger partial charge in [-0.2, -0.15) is 0 Å². The van der Waals surface area contributed by atoms with Crippen LogP contribution in [0.4, 0.5) is 0 Å². The summed E-state index contributed by atoms with van der Waals surface area (Å²) in [5.74, 6) is 0. The molecular weight excluding hydrogens is 424 g/mol. The van der Waals surface area contributed by atoms with Crippen LogP contribution in [-0.2, 0) is 0 Å². The molecule has 0 radical (unpaired) electrons. The number of hydrogen-bond donors (Lipinski definition) is 0. The molecule has 1 aliphatic heterocycles. The zero-order valence-corrected chi connectivity index (χ0v) is 21.0. The highest BCUT2D eigenvalue weighted by atomic mass is 15.5. The van der Waals surface area contributed by atoms with Crippen LogP contribution >= 0.6 is 0 Å². The largest absolute Gasteiger partial charge is 0.272 e. The summed E-state index contributed by atoms with van der Waals surface area (Å²) in [6, 6.07) is 36.4. The van der Waals surface area contributed by atoms with Gasteiger partial charge in [0.05, 0.1) is 18.2 Å². The number of benzene rings is 3. The molecular formula is C33H40N2. The van der Waals surface area contributed by atoms with Crippen LogP contribution in [0.1, 0.15) is 99.1 Å². The van der Waals surface area contributed by atoms with Gasteiger partial charge in [-0.1, -0.05) is 130 Å². The molecule has 35 heavy (non-hydrogen) atoms. The van der Waals surface area contributed by atoms with Crippen LogP contribution in [0.5, 0.6) is 0 Å². The van der Waals surface area contributed by atoms with Gasteiger partial charge in [0.25, 0.3) is 0 Å². The van der Waals surface area contributed by atoms with E-state index in [4.69, 9.17) is 0 Å². The van der Waals surface area contributed by atoms with Crippen molar-refractivity contribution in [2.24, 2.45) is 0 Å². The van der Waals surface area contributed by atoms with Crippen molar-refractivity contribution < 1.29 is 0 Å². The van der Waals surface area contributed by atoms with Gasteiger partial charge < -0.3 is 0 Å². The van der Waals surface area contributed by atoms with Crippen molar-refractivity contribution in [1.29, 1.82) is 0 Å². The van der Waals surface area contributed by atoms with Gasteiger partial charge in [0.1, 0.15) is 0 Å². The third-order valence-electron chi connectivity index (χ3n) is 8.88. The SMILES string of the molecule is c1ccc(C2N(C3CCCCC3)[C@@H](c3ccccc3)[C@H](c3ccccc3)N2C2CCCCC2)cc1. The molecule has 182 valence electrons. The third kappa shape index (κ3) is 4.59. The second kappa shape index (κ2) is 10.7. The van der Waals surface area contributed by atoms with E-state index < -0.39 is 0 Å². The molecule has 2 aliphatic carbocycles. The molecule has 0 amide bonds. The van der Waals surface area contributed by atoms with Crippen LogP contribution in [0.3, 0.4) is 0 Å².